The van der Waals surface area contributed by atoms with Crippen LogP contribution in [0.1, 0.15) is 67.6 Å². The molecule has 4 nitrogen and oxygen atoms in total. The molecule has 6 rings (SSSR count). The van der Waals surface area contributed by atoms with Crippen molar-refractivity contribution in [1.82, 2.24) is 4.90 Å². The third-order valence-corrected chi connectivity index (χ3v) is 8.72. The van der Waals surface area contributed by atoms with Crippen molar-refractivity contribution in [2.45, 2.75) is 69.4 Å². The lowest BCUT2D eigenvalue weighted by atomic mass is 9.85. The minimum absolute atomic E-state index is 0.0732. The Morgan fingerprint density at radius 3 is 2.00 bits per heavy atom. The van der Waals surface area contributed by atoms with Gasteiger partial charge in [-0.3, -0.25) is 4.79 Å². The number of ether oxygens (including phenoxy) is 1. The van der Waals surface area contributed by atoms with Gasteiger partial charge in [-0.15, -0.1) is 0 Å². The van der Waals surface area contributed by atoms with Gasteiger partial charge in [0.15, 0.2) is 0 Å². The van der Waals surface area contributed by atoms with Crippen molar-refractivity contribution in [1.29, 1.82) is 0 Å². The minimum atomic E-state index is -0.205. The molecule has 0 spiro atoms. The molecule has 2 atom stereocenters. The largest absolute Gasteiger partial charge is 0.448 e. The zero-order valence-corrected chi connectivity index (χ0v) is 21.4. The number of Topliss-reactive ketones (excluding diaryl/α,β-unsaturated/α-hetero) is 1. The van der Waals surface area contributed by atoms with Crippen molar-refractivity contribution in [3.63, 3.8) is 0 Å². The van der Waals surface area contributed by atoms with Gasteiger partial charge in [0, 0.05) is 30.3 Å². The van der Waals surface area contributed by atoms with E-state index < -0.39 is 0 Å². The van der Waals surface area contributed by atoms with E-state index in [1.165, 1.54) is 27.8 Å². The van der Waals surface area contributed by atoms with Crippen molar-refractivity contribution >= 4 is 11.9 Å². The van der Waals surface area contributed by atoms with E-state index in [4.69, 9.17) is 4.74 Å². The SMILES string of the molecule is O=C(CCCCc1ccccc1)C1CC2CCC(C1)N2C(=O)OCC1c2ccccc2-c2ccccc21. The van der Waals surface area contributed by atoms with Crippen LogP contribution in [0.5, 0.6) is 0 Å². The Labute approximate surface area is 219 Å². The van der Waals surface area contributed by atoms with Gasteiger partial charge in [0.05, 0.1) is 0 Å². The molecule has 190 valence electrons. The van der Waals surface area contributed by atoms with Gasteiger partial charge in [-0.05, 0) is 72.8 Å². The topological polar surface area (TPSA) is 46.6 Å². The molecular weight excluding hydrogens is 458 g/mol. The number of carbonyl (C=O) groups is 2. The number of hydrogen-bond donors (Lipinski definition) is 0. The van der Waals surface area contributed by atoms with Crippen molar-refractivity contribution in [3.8, 4) is 11.1 Å². The molecule has 2 bridgehead atoms. The Kier molecular flexibility index (Phi) is 6.82. The Hall–Kier alpha value is -3.40. The van der Waals surface area contributed by atoms with Gasteiger partial charge in [0.1, 0.15) is 12.4 Å². The number of nitrogens with zero attached hydrogens (tertiary/aromatic N) is 1. The Morgan fingerprint density at radius 2 is 1.35 bits per heavy atom. The maximum Gasteiger partial charge on any atom is 0.410 e. The molecule has 1 aliphatic carbocycles. The number of unbranched alkanes of at least 4 members (excludes halogenated alkanes) is 1. The van der Waals surface area contributed by atoms with Crippen LogP contribution in [0, 0.1) is 5.92 Å². The summed E-state index contributed by atoms with van der Waals surface area (Å²) in [6, 6.07) is 27.6. The van der Waals surface area contributed by atoms with Crippen LogP contribution in [-0.2, 0) is 16.0 Å². The summed E-state index contributed by atoms with van der Waals surface area (Å²) in [5.41, 5.74) is 6.28. The zero-order chi connectivity index (χ0) is 25.2. The van der Waals surface area contributed by atoms with Crippen molar-refractivity contribution in [2.75, 3.05) is 6.61 Å². The molecule has 3 aromatic carbocycles. The third-order valence-electron chi connectivity index (χ3n) is 8.72. The van der Waals surface area contributed by atoms with Crippen LogP contribution in [-0.4, -0.2) is 35.5 Å². The molecule has 1 amide bonds. The standard InChI is InChI=1S/C33H35NO3/c35-32(17-9-4-12-23-10-2-1-3-11-23)24-20-25-18-19-26(21-24)34(25)33(36)37-22-31-29-15-7-5-13-27(29)28-14-6-8-16-30(28)31/h1-3,5-8,10-11,13-16,24-26,31H,4,9,12,17-22H2. The number of amides is 1. The van der Waals surface area contributed by atoms with Crippen molar-refractivity contribution in [3.05, 3.63) is 95.6 Å². The van der Waals surface area contributed by atoms with E-state index in [9.17, 15) is 9.59 Å². The van der Waals surface area contributed by atoms with Crippen molar-refractivity contribution in [2.24, 2.45) is 5.92 Å². The van der Waals surface area contributed by atoms with Gasteiger partial charge in [-0.1, -0.05) is 78.9 Å². The molecule has 4 heteroatoms. The molecule has 2 unspecified atom stereocenters. The fourth-order valence-electron chi connectivity index (χ4n) is 6.88. The lowest BCUT2D eigenvalue weighted by Crippen LogP contribution is -2.48. The normalized spacial score (nSPS) is 21.9. The van der Waals surface area contributed by atoms with Gasteiger partial charge in [-0.25, -0.2) is 4.79 Å². The summed E-state index contributed by atoms with van der Waals surface area (Å²) >= 11 is 0. The first-order valence-electron chi connectivity index (χ1n) is 13.9. The second kappa shape index (κ2) is 10.5. The van der Waals surface area contributed by atoms with Crippen LogP contribution in [0.4, 0.5) is 4.79 Å². The van der Waals surface area contributed by atoms with Gasteiger partial charge >= 0.3 is 6.09 Å². The van der Waals surface area contributed by atoms with Crippen molar-refractivity contribution < 1.29 is 14.3 Å². The fourth-order valence-corrected chi connectivity index (χ4v) is 6.88. The number of carbonyl (C=O) groups excluding carboxylic acids is 2. The molecule has 0 radical (unpaired) electrons. The molecule has 2 saturated heterocycles. The number of piperidine rings is 1. The monoisotopic (exact) mass is 493 g/mol. The zero-order valence-electron chi connectivity index (χ0n) is 21.4. The predicted octanol–water partition coefficient (Wildman–Crippen LogP) is 7.16. The molecule has 2 fully saturated rings. The Balaban J connectivity index is 1.02. The van der Waals surface area contributed by atoms with E-state index >= 15 is 0 Å². The quantitative estimate of drug-likeness (QED) is 0.313. The molecule has 0 saturated carbocycles. The summed E-state index contributed by atoms with van der Waals surface area (Å²) in [5.74, 6) is 0.549. The molecule has 37 heavy (non-hydrogen) atoms. The summed E-state index contributed by atoms with van der Waals surface area (Å²) in [7, 11) is 0. The summed E-state index contributed by atoms with van der Waals surface area (Å²) in [6.45, 7) is 0.354. The molecule has 0 N–H and O–H groups in total. The number of benzene rings is 3. The van der Waals surface area contributed by atoms with Gasteiger partial charge in [0.25, 0.3) is 0 Å². The Morgan fingerprint density at radius 1 is 0.757 bits per heavy atom. The van der Waals surface area contributed by atoms with Crippen LogP contribution < -0.4 is 0 Å². The van der Waals surface area contributed by atoms with E-state index in [1.807, 2.05) is 11.0 Å². The maximum atomic E-state index is 13.3. The van der Waals surface area contributed by atoms with E-state index in [1.54, 1.807) is 0 Å². The van der Waals surface area contributed by atoms with Crippen LogP contribution >= 0.6 is 0 Å². The first-order valence-corrected chi connectivity index (χ1v) is 13.9. The maximum absolute atomic E-state index is 13.3. The second-order valence-electron chi connectivity index (χ2n) is 10.9. The average molecular weight is 494 g/mol. The molecule has 2 heterocycles. The summed E-state index contributed by atoms with van der Waals surface area (Å²) in [6.07, 6.45) is 7.00. The number of ketones is 1. The second-order valence-corrected chi connectivity index (χ2v) is 10.9. The lowest BCUT2D eigenvalue weighted by molar-refractivity contribution is -0.125. The molecule has 3 aromatic rings. The van der Waals surface area contributed by atoms with E-state index in [0.717, 1.165) is 44.9 Å². The van der Waals surface area contributed by atoms with Gasteiger partial charge in [0.2, 0.25) is 0 Å². The highest BCUT2D eigenvalue weighted by molar-refractivity contribution is 5.82. The van der Waals surface area contributed by atoms with Gasteiger partial charge in [-0.2, -0.15) is 0 Å². The summed E-state index contributed by atoms with van der Waals surface area (Å²) in [4.78, 5) is 28.2. The number of fused-ring (bicyclic) bond motifs is 5. The van der Waals surface area contributed by atoms with Crippen LogP contribution in [0.15, 0.2) is 78.9 Å². The van der Waals surface area contributed by atoms with E-state index in [0.29, 0.717) is 18.8 Å². The molecule has 3 aliphatic rings. The summed E-state index contributed by atoms with van der Waals surface area (Å²) < 4.78 is 5.98. The number of hydrogen-bond acceptors (Lipinski definition) is 3. The Bertz CT molecular complexity index is 1210. The van der Waals surface area contributed by atoms with E-state index in [2.05, 4.69) is 72.8 Å². The summed E-state index contributed by atoms with van der Waals surface area (Å²) in [5, 5.41) is 0. The fraction of sp³-hybridized carbons (Fsp3) is 0.394. The van der Waals surface area contributed by atoms with Crippen LogP contribution in [0.25, 0.3) is 11.1 Å². The van der Waals surface area contributed by atoms with Crippen LogP contribution in [0.3, 0.4) is 0 Å². The van der Waals surface area contributed by atoms with Crippen LogP contribution in [0.2, 0.25) is 0 Å². The average Bonchev–Trinajstić information content (AvgIpc) is 3.40. The van der Waals surface area contributed by atoms with Gasteiger partial charge < -0.3 is 9.64 Å². The minimum Gasteiger partial charge on any atom is -0.448 e. The molecule has 0 aromatic heterocycles. The third kappa shape index (κ3) is 4.82. The lowest BCUT2D eigenvalue weighted by Gasteiger charge is -2.37. The number of aryl methyl sites for hydroxylation is 1. The highest BCUT2D eigenvalue weighted by atomic mass is 16.6. The predicted molar refractivity (Wildman–Crippen MR) is 145 cm³/mol. The first-order chi connectivity index (χ1) is 18.2. The highest BCUT2D eigenvalue weighted by Gasteiger charge is 2.45. The molecular formula is C33H35NO3. The number of rotatable bonds is 8. The highest BCUT2D eigenvalue weighted by Crippen LogP contribution is 2.45. The smallest absolute Gasteiger partial charge is 0.410 e. The van der Waals surface area contributed by atoms with E-state index in [-0.39, 0.29) is 30.0 Å². The molecule has 2 aliphatic heterocycles. The first kappa shape index (κ1) is 24.0.